The molecule has 12 nitrogen and oxygen atoms in total. The van der Waals surface area contributed by atoms with Crippen molar-refractivity contribution in [3.05, 3.63) is 59.7 Å². The van der Waals surface area contributed by atoms with Crippen molar-refractivity contribution in [1.82, 2.24) is 29.4 Å². The molecular weight excluding hydrogens is 717 g/mol. The first-order chi connectivity index (χ1) is 27.5. The molecule has 0 bridgehead atoms. The van der Waals surface area contributed by atoms with Crippen LogP contribution in [0.1, 0.15) is 79.4 Å². The van der Waals surface area contributed by atoms with Gasteiger partial charge in [-0.05, 0) is 94.2 Å². The third-order valence-electron chi connectivity index (χ3n) is 12.3. The lowest BCUT2D eigenvalue weighted by Gasteiger charge is -2.31. The van der Waals surface area contributed by atoms with Crippen molar-refractivity contribution in [2.24, 2.45) is 0 Å². The zero-order chi connectivity index (χ0) is 41.5. The summed E-state index contributed by atoms with van der Waals surface area (Å²) in [5.74, 6) is -0.612. The summed E-state index contributed by atoms with van der Waals surface area (Å²) < 4.78 is 0. The fraction of sp³-hybridized carbons (Fsp3) is 0.644. The molecule has 57 heavy (non-hydrogen) atoms. The van der Waals surface area contributed by atoms with Gasteiger partial charge in [-0.25, -0.2) is 9.80 Å². The molecule has 2 aliphatic rings. The molecule has 2 heterocycles. The van der Waals surface area contributed by atoms with E-state index in [0.29, 0.717) is 17.8 Å². The smallest absolute Gasteiger partial charge is 0.251 e. The Balaban J connectivity index is 1.41. The quantitative estimate of drug-likeness (QED) is 0.127. The molecule has 2 aromatic carbocycles. The average molecular weight is 789 g/mol. The van der Waals surface area contributed by atoms with E-state index in [4.69, 9.17) is 0 Å². The second-order valence-electron chi connectivity index (χ2n) is 15.3. The molecule has 2 saturated heterocycles. The maximum atomic E-state index is 13.9. The minimum absolute atomic E-state index is 0.147. The van der Waals surface area contributed by atoms with Gasteiger partial charge in [-0.1, -0.05) is 79.7 Å². The van der Waals surface area contributed by atoms with Crippen LogP contribution in [0.2, 0.25) is 0 Å². The van der Waals surface area contributed by atoms with Gasteiger partial charge < -0.3 is 19.6 Å². The maximum absolute atomic E-state index is 13.9. The summed E-state index contributed by atoms with van der Waals surface area (Å²) in [6, 6.07) is 14.4. The summed E-state index contributed by atoms with van der Waals surface area (Å²) in [5.41, 5.74) is 3.27. The van der Waals surface area contributed by atoms with Crippen LogP contribution in [0.5, 0.6) is 0 Å². The molecule has 2 fully saturated rings. The zero-order valence-electron chi connectivity index (χ0n) is 36.4. The van der Waals surface area contributed by atoms with Gasteiger partial charge >= 0.3 is 0 Å². The van der Waals surface area contributed by atoms with E-state index < -0.39 is 12.1 Å². The molecular formula is C45H72N8O4. The predicted octanol–water partition coefficient (Wildman–Crippen LogP) is 4.51. The average Bonchev–Trinajstić information content (AvgIpc) is 3.69. The summed E-state index contributed by atoms with van der Waals surface area (Å²) in [6.45, 7) is 31.2. The summed E-state index contributed by atoms with van der Waals surface area (Å²) in [4.78, 5) is 71.2. The molecule has 2 atom stereocenters. The monoisotopic (exact) mass is 789 g/mol. The standard InChI is InChI=1S/C45H72N8O4/c1-9-46(10-2)25-29-50(30-26-47(11-3)12-4)40-34-42(54)52(44(40)56)38-21-17-36(18-22-38)33-37-19-23-39(24-20-37)53-43(55)35-41(45(53)57)51(31-27-48(13-5)14-6)32-28-49(15-7)16-8/h17-24,40-41H,9-16,25-35H2,1-8H3. The van der Waals surface area contributed by atoms with Gasteiger partial charge in [-0.2, -0.15) is 0 Å². The second-order valence-corrected chi connectivity index (χ2v) is 15.3. The lowest BCUT2D eigenvalue weighted by molar-refractivity contribution is -0.124. The molecule has 2 aromatic rings. The molecule has 2 unspecified atom stereocenters. The van der Waals surface area contributed by atoms with Crippen LogP contribution in [0.15, 0.2) is 48.5 Å². The number of nitrogens with zero attached hydrogens (tertiary/aromatic N) is 8. The van der Waals surface area contributed by atoms with Crippen molar-refractivity contribution in [2.75, 3.05) is 115 Å². The fourth-order valence-corrected chi connectivity index (χ4v) is 8.19. The zero-order valence-corrected chi connectivity index (χ0v) is 36.4. The van der Waals surface area contributed by atoms with Crippen LogP contribution in [0.25, 0.3) is 0 Å². The van der Waals surface area contributed by atoms with Crippen molar-refractivity contribution >= 4 is 35.0 Å². The first kappa shape index (κ1) is 46.2. The first-order valence-electron chi connectivity index (χ1n) is 21.8. The van der Waals surface area contributed by atoms with Gasteiger partial charge in [0.1, 0.15) is 0 Å². The van der Waals surface area contributed by atoms with E-state index in [1.807, 2.05) is 48.5 Å². The van der Waals surface area contributed by atoms with Crippen LogP contribution in [-0.4, -0.2) is 170 Å². The number of anilines is 2. The van der Waals surface area contributed by atoms with Crippen LogP contribution in [-0.2, 0) is 25.6 Å². The van der Waals surface area contributed by atoms with Gasteiger partial charge in [0.05, 0.1) is 36.3 Å². The van der Waals surface area contributed by atoms with Gasteiger partial charge in [-0.3, -0.25) is 29.0 Å². The molecule has 0 radical (unpaired) electrons. The van der Waals surface area contributed by atoms with Gasteiger partial charge in [0.25, 0.3) is 11.8 Å². The SMILES string of the molecule is CCN(CC)CCN(CCN(CC)CC)C1CC(=O)N(c2ccc(Cc3ccc(N4C(=O)CC(N(CCN(CC)CC)CCN(CC)CC)C4=O)cc3)cc2)C1=O. The second kappa shape index (κ2) is 23.2. The highest BCUT2D eigenvalue weighted by Crippen LogP contribution is 2.29. The number of imide groups is 2. The molecule has 2 aliphatic heterocycles. The highest BCUT2D eigenvalue weighted by atomic mass is 16.2. The molecule has 12 heteroatoms. The van der Waals surface area contributed by atoms with E-state index in [1.165, 1.54) is 9.80 Å². The number of hydrogen-bond acceptors (Lipinski definition) is 10. The van der Waals surface area contributed by atoms with E-state index in [-0.39, 0.29) is 36.5 Å². The minimum atomic E-state index is -0.463. The van der Waals surface area contributed by atoms with Crippen LogP contribution < -0.4 is 9.80 Å². The van der Waals surface area contributed by atoms with Crippen molar-refractivity contribution in [3.8, 4) is 0 Å². The Kier molecular flexibility index (Phi) is 18.8. The number of likely N-dealkylation sites (N-methyl/N-ethyl adjacent to an activating group) is 4. The maximum Gasteiger partial charge on any atom is 0.251 e. The van der Waals surface area contributed by atoms with Crippen LogP contribution in [0, 0.1) is 0 Å². The molecule has 4 rings (SSSR count). The van der Waals surface area contributed by atoms with Crippen molar-refractivity contribution in [1.29, 1.82) is 0 Å². The Morgan fingerprint density at radius 2 is 0.684 bits per heavy atom. The largest absolute Gasteiger partial charge is 0.303 e. The third kappa shape index (κ3) is 12.3. The molecule has 4 amide bonds. The predicted molar refractivity (Wildman–Crippen MR) is 232 cm³/mol. The van der Waals surface area contributed by atoms with E-state index in [1.54, 1.807) is 0 Å². The molecule has 0 aliphatic carbocycles. The van der Waals surface area contributed by atoms with Gasteiger partial charge in [0.2, 0.25) is 11.8 Å². The summed E-state index contributed by atoms with van der Waals surface area (Å²) >= 11 is 0. The Morgan fingerprint density at radius 1 is 0.421 bits per heavy atom. The van der Waals surface area contributed by atoms with Gasteiger partial charge in [0.15, 0.2) is 0 Å². The summed E-state index contributed by atoms with van der Waals surface area (Å²) in [6.07, 6.45) is 1.01. The van der Waals surface area contributed by atoms with E-state index in [2.05, 4.69) is 84.8 Å². The van der Waals surface area contributed by atoms with Crippen molar-refractivity contribution < 1.29 is 19.2 Å². The number of hydrogen-bond donors (Lipinski definition) is 0. The molecule has 0 saturated carbocycles. The van der Waals surface area contributed by atoms with Gasteiger partial charge in [-0.15, -0.1) is 0 Å². The molecule has 0 spiro atoms. The molecule has 0 N–H and O–H groups in total. The Hall–Kier alpha value is -3.52. The highest BCUT2D eigenvalue weighted by molar-refractivity contribution is 6.23. The number of carbonyl (C=O) groups is 4. The normalized spacial score (nSPS) is 17.8. The lowest BCUT2D eigenvalue weighted by atomic mass is 10.0. The van der Waals surface area contributed by atoms with Crippen LogP contribution >= 0.6 is 0 Å². The van der Waals surface area contributed by atoms with Crippen LogP contribution in [0.4, 0.5) is 11.4 Å². The number of carbonyl (C=O) groups excluding carboxylic acids is 4. The fourth-order valence-electron chi connectivity index (χ4n) is 8.19. The topological polar surface area (TPSA) is 94.2 Å². The Bertz CT molecular complexity index is 1410. The van der Waals surface area contributed by atoms with Crippen LogP contribution in [0.3, 0.4) is 0 Å². The Labute approximate surface area is 343 Å². The lowest BCUT2D eigenvalue weighted by Crippen LogP contribution is -2.48. The van der Waals surface area contributed by atoms with Gasteiger partial charge in [0, 0.05) is 52.4 Å². The minimum Gasteiger partial charge on any atom is -0.303 e. The third-order valence-corrected chi connectivity index (χ3v) is 12.3. The van der Waals surface area contributed by atoms with E-state index >= 15 is 0 Å². The molecule has 316 valence electrons. The number of rotatable bonds is 26. The summed E-state index contributed by atoms with van der Waals surface area (Å²) in [7, 11) is 0. The van der Waals surface area contributed by atoms with E-state index in [9.17, 15) is 19.2 Å². The highest BCUT2D eigenvalue weighted by Gasteiger charge is 2.44. The summed E-state index contributed by atoms with van der Waals surface area (Å²) in [5, 5.41) is 0. The Morgan fingerprint density at radius 3 is 0.930 bits per heavy atom. The van der Waals surface area contributed by atoms with E-state index in [0.717, 1.165) is 116 Å². The number of amides is 4. The van der Waals surface area contributed by atoms with Crippen molar-refractivity contribution in [3.63, 3.8) is 0 Å². The molecule has 0 aromatic heterocycles. The van der Waals surface area contributed by atoms with Crippen molar-refractivity contribution in [2.45, 2.75) is 86.7 Å². The first-order valence-corrected chi connectivity index (χ1v) is 21.8. The number of benzene rings is 2.